The summed E-state index contributed by atoms with van der Waals surface area (Å²) >= 11 is 0. The van der Waals surface area contributed by atoms with E-state index in [2.05, 4.69) is 15.0 Å². The van der Waals surface area contributed by atoms with E-state index >= 15 is 0 Å². The first kappa shape index (κ1) is 15.1. The summed E-state index contributed by atoms with van der Waals surface area (Å²) < 4.78 is 21.6. The fourth-order valence-electron chi connectivity index (χ4n) is 3.12. The van der Waals surface area contributed by atoms with Crippen LogP contribution in [0.25, 0.3) is 16.9 Å². The normalized spacial score (nSPS) is 15.3. The molecule has 1 fully saturated rings. The number of alkyl halides is 1. The molecule has 0 bridgehead atoms. The van der Waals surface area contributed by atoms with Crippen molar-refractivity contribution < 1.29 is 9.13 Å². The summed E-state index contributed by atoms with van der Waals surface area (Å²) in [6.07, 6.45) is 7.29. The number of aryl methyl sites for hydroxylation is 2. The molecule has 3 aromatic rings. The topological polar surface area (TPSA) is 60.5 Å². The van der Waals surface area contributed by atoms with Gasteiger partial charge in [-0.3, -0.25) is 9.08 Å². The monoisotopic (exact) mass is 330 g/mol. The molecule has 3 aromatic heterocycles. The van der Waals surface area contributed by atoms with Gasteiger partial charge in [0.25, 0.3) is 0 Å². The molecule has 1 saturated heterocycles. The van der Waals surface area contributed by atoms with E-state index in [0.717, 1.165) is 41.5 Å². The Labute approximate surface area is 138 Å². The number of imidazole rings is 1. The minimum Gasteiger partial charge on any atom is -0.378 e. The molecule has 1 aliphatic rings. The Morgan fingerprint density at radius 3 is 2.92 bits per heavy atom. The maximum Gasteiger partial charge on any atom is 0.181 e. The van der Waals surface area contributed by atoms with Crippen LogP contribution in [0.15, 0.2) is 24.8 Å². The van der Waals surface area contributed by atoms with Crippen LogP contribution in [0.3, 0.4) is 0 Å². The lowest BCUT2D eigenvalue weighted by Crippen LogP contribution is -2.37. The van der Waals surface area contributed by atoms with E-state index in [1.807, 2.05) is 23.7 Å². The van der Waals surface area contributed by atoms with Gasteiger partial charge in [-0.25, -0.2) is 14.4 Å². The minimum atomic E-state index is -0.432. The van der Waals surface area contributed by atoms with Crippen LogP contribution >= 0.6 is 0 Å². The van der Waals surface area contributed by atoms with Crippen LogP contribution in [-0.2, 0) is 11.3 Å². The van der Waals surface area contributed by atoms with Crippen molar-refractivity contribution in [1.82, 2.24) is 24.1 Å². The van der Waals surface area contributed by atoms with Crippen molar-refractivity contribution in [3.63, 3.8) is 0 Å². The van der Waals surface area contributed by atoms with Gasteiger partial charge in [-0.2, -0.15) is 5.10 Å². The Morgan fingerprint density at radius 1 is 1.29 bits per heavy atom. The van der Waals surface area contributed by atoms with Crippen LogP contribution in [-0.4, -0.2) is 57.1 Å². The summed E-state index contributed by atoms with van der Waals surface area (Å²) in [7, 11) is 0. The van der Waals surface area contributed by atoms with Gasteiger partial charge in [-0.05, 0) is 6.92 Å². The summed E-state index contributed by atoms with van der Waals surface area (Å²) in [5, 5.41) is 4.22. The van der Waals surface area contributed by atoms with Gasteiger partial charge in [0.2, 0.25) is 0 Å². The number of aromatic nitrogens is 5. The number of halogens is 1. The minimum absolute atomic E-state index is 0.260. The molecule has 8 heteroatoms. The molecule has 0 amide bonds. The van der Waals surface area contributed by atoms with Gasteiger partial charge in [0, 0.05) is 37.2 Å². The summed E-state index contributed by atoms with van der Waals surface area (Å²) in [4.78, 5) is 11.5. The van der Waals surface area contributed by atoms with Crippen LogP contribution in [0, 0.1) is 6.92 Å². The van der Waals surface area contributed by atoms with Crippen molar-refractivity contribution in [1.29, 1.82) is 0 Å². The van der Waals surface area contributed by atoms with Crippen LogP contribution in [0.1, 0.15) is 5.69 Å². The largest absolute Gasteiger partial charge is 0.378 e. The Morgan fingerprint density at radius 2 is 2.12 bits per heavy atom. The third-order valence-corrected chi connectivity index (χ3v) is 4.23. The number of nitrogens with zero attached hydrogens (tertiary/aromatic N) is 6. The second-order valence-electron chi connectivity index (χ2n) is 5.77. The van der Waals surface area contributed by atoms with Crippen molar-refractivity contribution in [3.8, 4) is 11.3 Å². The van der Waals surface area contributed by atoms with Gasteiger partial charge < -0.3 is 9.64 Å². The van der Waals surface area contributed by atoms with E-state index in [1.54, 1.807) is 17.1 Å². The molecule has 7 nitrogen and oxygen atoms in total. The van der Waals surface area contributed by atoms with Gasteiger partial charge >= 0.3 is 0 Å². The maximum absolute atomic E-state index is 12.5. The lowest BCUT2D eigenvalue weighted by Gasteiger charge is -2.27. The van der Waals surface area contributed by atoms with Crippen LogP contribution in [0.4, 0.5) is 10.2 Å². The van der Waals surface area contributed by atoms with Gasteiger partial charge in [-0.1, -0.05) is 0 Å². The zero-order valence-corrected chi connectivity index (χ0v) is 13.5. The SMILES string of the molecule is Cc1nc2c(N3CCOCC3)nccn2c1-c1cnn(CCF)c1. The first-order valence-electron chi connectivity index (χ1n) is 8.03. The third-order valence-electron chi connectivity index (χ3n) is 4.23. The first-order chi connectivity index (χ1) is 11.8. The molecule has 0 aliphatic carbocycles. The highest BCUT2D eigenvalue weighted by molar-refractivity contribution is 5.73. The van der Waals surface area contributed by atoms with E-state index in [-0.39, 0.29) is 6.54 Å². The molecule has 1 aliphatic heterocycles. The number of ether oxygens (including phenoxy) is 1. The zero-order valence-electron chi connectivity index (χ0n) is 13.5. The highest BCUT2D eigenvalue weighted by Crippen LogP contribution is 2.28. The predicted molar refractivity (Wildman–Crippen MR) is 88.0 cm³/mol. The maximum atomic E-state index is 12.5. The molecule has 4 rings (SSSR count). The van der Waals surface area contributed by atoms with E-state index in [1.165, 1.54) is 0 Å². The van der Waals surface area contributed by atoms with Crippen molar-refractivity contribution in [2.24, 2.45) is 0 Å². The van der Waals surface area contributed by atoms with Gasteiger partial charge in [0.1, 0.15) is 6.67 Å². The molecule has 126 valence electrons. The fraction of sp³-hybridized carbons (Fsp3) is 0.438. The highest BCUT2D eigenvalue weighted by Gasteiger charge is 2.20. The number of anilines is 1. The second kappa shape index (κ2) is 6.20. The fourth-order valence-corrected chi connectivity index (χ4v) is 3.12. The van der Waals surface area contributed by atoms with E-state index in [4.69, 9.17) is 9.72 Å². The Hall–Kier alpha value is -2.48. The quantitative estimate of drug-likeness (QED) is 0.729. The number of hydrogen-bond donors (Lipinski definition) is 0. The molecule has 0 saturated carbocycles. The Bertz CT molecular complexity index is 851. The summed E-state index contributed by atoms with van der Waals surface area (Å²) in [5.41, 5.74) is 3.61. The van der Waals surface area contributed by atoms with Gasteiger partial charge in [0.15, 0.2) is 11.5 Å². The number of rotatable bonds is 4. The molecule has 0 atom stereocenters. The predicted octanol–water partition coefficient (Wildman–Crippen LogP) is 1.71. The molecule has 4 heterocycles. The molecular formula is C16H19FN6O. The first-order valence-corrected chi connectivity index (χ1v) is 8.03. The number of hydrogen-bond acceptors (Lipinski definition) is 5. The zero-order chi connectivity index (χ0) is 16.5. The third kappa shape index (κ3) is 2.52. The van der Waals surface area contributed by atoms with Crippen LogP contribution in [0.5, 0.6) is 0 Å². The summed E-state index contributed by atoms with van der Waals surface area (Å²) in [6, 6.07) is 0. The molecule has 0 N–H and O–H groups in total. The standard InChI is InChI=1S/C16H19FN6O/c1-12-14(13-10-19-22(11-13)4-2-17)23-5-3-18-15(16(23)20-12)21-6-8-24-9-7-21/h3,5,10-11H,2,4,6-9H2,1H3. The molecule has 0 spiro atoms. The van der Waals surface area contributed by atoms with Crippen LogP contribution in [0.2, 0.25) is 0 Å². The van der Waals surface area contributed by atoms with Gasteiger partial charge in [0.05, 0.1) is 37.3 Å². The van der Waals surface area contributed by atoms with E-state index < -0.39 is 6.67 Å². The van der Waals surface area contributed by atoms with E-state index in [9.17, 15) is 4.39 Å². The van der Waals surface area contributed by atoms with Crippen molar-refractivity contribution in [2.75, 3.05) is 37.9 Å². The molecular weight excluding hydrogens is 311 g/mol. The second-order valence-corrected chi connectivity index (χ2v) is 5.77. The van der Waals surface area contributed by atoms with Crippen molar-refractivity contribution in [3.05, 3.63) is 30.5 Å². The van der Waals surface area contributed by atoms with Gasteiger partial charge in [-0.15, -0.1) is 0 Å². The van der Waals surface area contributed by atoms with E-state index in [0.29, 0.717) is 13.2 Å². The van der Waals surface area contributed by atoms with Crippen molar-refractivity contribution >= 4 is 11.5 Å². The average Bonchev–Trinajstić information content (AvgIpc) is 3.18. The summed E-state index contributed by atoms with van der Waals surface area (Å²) in [5.74, 6) is 0.867. The Balaban J connectivity index is 1.80. The highest BCUT2D eigenvalue weighted by atomic mass is 19.1. The lowest BCUT2D eigenvalue weighted by atomic mass is 10.2. The number of morpholine rings is 1. The smallest absolute Gasteiger partial charge is 0.181 e. The molecule has 0 aromatic carbocycles. The van der Waals surface area contributed by atoms with Crippen molar-refractivity contribution in [2.45, 2.75) is 13.5 Å². The molecule has 0 radical (unpaired) electrons. The molecule has 0 unspecified atom stereocenters. The summed E-state index contributed by atoms with van der Waals surface area (Å²) in [6.45, 7) is 4.81. The molecule has 24 heavy (non-hydrogen) atoms. The Kier molecular flexibility index (Phi) is 3.89. The van der Waals surface area contributed by atoms with Crippen LogP contribution < -0.4 is 4.90 Å². The lowest BCUT2D eigenvalue weighted by molar-refractivity contribution is 0.122. The number of fused-ring (bicyclic) bond motifs is 1. The average molecular weight is 330 g/mol.